The minimum Gasteiger partial charge on any atom is -0.509 e. The SMILES string of the molecule is CC(C)(C)c1cc(Oc2[c-]c3c(cc2)c2ccc(C(C)(C)C)cc2n3-c2cc(C(C)(C)C)ccn2)[c-]c(N2[CH-]N(c3cccc(C(C)(C)C)c3)c3ccccc32)c1.[Pt]. The molecule has 6 heteroatoms. The Morgan fingerprint density at radius 3 is 1.83 bits per heavy atom. The monoisotopic (exact) mass is 946 g/mol. The first-order valence-electron chi connectivity index (χ1n) is 20.1. The molecule has 0 unspecified atom stereocenters. The van der Waals surface area contributed by atoms with Gasteiger partial charge in [0.25, 0.3) is 0 Å². The zero-order chi connectivity index (χ0) is 40.7. The summed E-state index contributed by atoms with van der Waals surface area (Å²) in [6.45, 7) is 29.2. The van der Waals surface area contributed by atoms with Crippen molar-refractivity contribution in [3.05, 3.63) is 150 Å². The Kier molecular flexibility index (Phi) is 10.5. The second-order valence-corrected chi connectivity index (χ2v) is 19.7. The van der Waals surface area contributed by atoms with Gasteiger partial charge in [0.15, 0.2) is 0 Å². The van der Waals surface area contributed by atoms with Crippen molar-refractivity contribution >= 4 is 44.6 Å². The summed E-state index contributed by atoms with van der Waals surface area (Å²) in [7, 11) is 0. The van der Waals surface area contributed by atoms with E-state index in [1.165, 1.54) is 16.7 Å². The maximum atomic E-state index is 6.82. The van der Waals surface area contributed by atoms with Crippen molar-refractivity contribution < 1.29 is 25.8 Å². The molecule has 0 N–H and O–H groups in total. The van der Waals surface area contributed by atoms with Crippen LogP contribution in [0.4, 0.5) is 22.7 Å². The van der Waals surface area contributed by atoms with Crippen LogP contribution < -0.4 is 14.5 Å². The fourth-order valence-electron chi connectivity index (χ4n) is 7.59. The molecule has 1 aliphatic heterocycles. The van der Waals surface area contributed by atoms with E-state index >= 15 is 0 Å². The zero-order valence-electron chi connectivity index (χ0n) is 36.0. The van der Waals surface area contributed by atoms with E-state index in [-0.39, 0.29) is 42.7 Å². The number of fused-ring (bicyclic) bond motifs is 4. The number of hydrogen-bond acceptors (Lipinski definition) is 4. The predicted octanol–water partition coefficient (Wildman–Crippen LogP) is 14.2. The fraction of sp³-hybridized carbons (Fsp3) is 0.308. The van der Waals surface area contributed by atoms with E-state index in [9.17, 15) is 0 Å². The molecule has 0 radical (unpaired) electrons. The Bertz CT molecular complexity index is 2640. The zero-order valence-corrected chi connectivity index (χ0v) is 38.3. The molecule has 3 heterocycles. The molecule has 0 spiro atoms. The van der Waals surface area contributed by atoms with Crippen molar-refractivity contribution in [1.29, 1.82) is 0 Å². The average Bonchev–Trinajstić information content (AvgIpc) is 3.69. The summed E-state index contributed by atoms with van der Waals surface area (Å²) in [4.78, 5) is 9.45. The predicted molar refractivity (Wildman–Crippen MR) is 239 cm³/mol. The summed E-state index contributed by atoms with van der Waals surface area (Å²) < 4.78 is 9.07. The van der Waals surface area contributed by atoms with Crippen LogP contribution in [-0.2, 0) is 42.7 Å². The number of hydrogen-bond donors (Lipinski definition) is 0. The maximum Gasteiger partial charge on any atom is 0.135 e. The molecule has 7 aromatic rings. The first-order chi connectivity index (χ1) is 26.8. The van der Waals surface area contributed by atoms with Crippen LogP contribution in [0, 0.1) is 18.8 Å². The number of ether oxygens (including phenoxy) is 1. The topological polar surface area (TPSA) is 33.5 Å². The van der Waals surface area contributed by atoms with Gasteiger partial charge in [0.05, 0.1) is 0 Å². The summed E-state index contributed by atoms with van der Waals surface area (Å²) in [5.41, 5.74) is 11.1. The van der Waals surface area contributed by atoms with Crippen molar-refractivity contribution in [2.45, 2.75) is 105 Å². The number of benzene rings is 5. The third-order valence-corrected chi connectivity index (χ3v) is 11.2. The number of anilines is 4. The van der Waals surface area contributed by atoms with Crippen LogP contribution in [0.3, 0.4) is 0 Å². The van der Waals surface area contributed by atoms with Crippen LogP contribution in [0.25, 0.3) is 27.6 Å². The van der Waals surface area contributed by atoms with Crippen molar-refractivity contribution in [2.75, 3.05) is 9.80 Å². The standard InChI is InChI=1S/C52H55N4O.Pt/c1-49(2,3)34-16-15-17-38(26-34)54-33-55(45-19-14-13-18-44(45)54)39-27-37(52(10,11)12)28-41(31-39)57-40-21-23-43-42-22-20-35(50(4,5)6)29-46(42)56(47(43)32-40)48-30-36(24-25-53-48)51(7,8)9;/h13-30,33H,1-12H3;/q-3;. The van der Waals surface area contributed by atoms with Gasteiger partial charge >= 0.3 is 0 Å². The van der Waals surface area contributed by atoms with Crippen molar-refractivity contribution in [3.8, 4) is 17.3 Å². The number of pyridine rings is 1. The summed E-state index contributed by atoms with van der Waals surface area (Å²) in [5, 5.41) is 2.26. The smallest absolute Gasteiger partial charge is 0.135 e. The van der Waals surface area contributed by atoms with Crippen LogP contribution >= 0.6 is 0 Å². The first-order valence-corrected chi connectivity index (χ1v) is 20.1. The van der Waals surface area contributed by atoms with E-state index in [1.807, 2.05) is 12.3 Å². The second kappa shape index (κ2) is 14.8. The number of para-hydroxylation sites is 2. The molecule has 0 fully saturated rings. The molecular weight excluding hydrogens is 892 g/mol. The van der Waals surface area contributed by atoms with Crippen LogP contribution in [0.15, 0.2) is 109 Å². The van der Waals surface area contributed by atoms with Gasteiger partial charge in [0, 0.05) is 61.3 Å². The van der Waals surface area contributed by atoms with Crippen molar-refractivity contribution in [1.82, 2.24) is 9.55 Å². The number of aromatic nitrogens is 2. The molecule has 302 valence electrons. The number of rotatable bonds is 5. The Morgan fingerprint density at radius 1 is 0.534 bits per heavy atom. The van der Waals surface area contributed by atoms with Gasteiger partial charge in [-0.25, -0.2) is 4.98 Å². The van der Waals surface area contributed by atoms with Gasteiger partial charge < -0.3 is 19.1 Å². The maximum absolute atomic E-state index is 6.82. The quantitative estimate of drug-likeness (QED) is 0.161. The summed E-state index contributed by atoms with van der Waals surface area (Å²) in [5.74, 6) is 2.12. The van der Waals surface area contributed by atoms with Gasteiger partial charge in [-0.2, -0.15) is 6.07 Å². The fourth-order valence-corrected chi connectivity index (χ4v) is 7.59. The normalized spacial score (nSPS) is 13.6. The van der Waals surface area contributed by atoms with E-state index < -0.39 is 0 Å². The average molecular weight is 947 g/mol. The van der Waals surface area contributed by atoms with Crippen LogP contribution in [0.5, 0.6) is 11.5 Å². The molecule has 58 heavy (non-hydrogen) atoms. The first kappa shape index (κ1) is 41.3. The molecule has 5 nitrogen and oxygen atoms in total. The molecule has 5 aromatic carbocycles. The van der Waals surface area contributed by atoms with E-state index in [1.54, 1.807) is 0 Å². The molecule has 0 saturated carbocycles. The van der Waals surface area contributed by atoms with E-state index in [4.69, 9.17) is 9.72 Å². The third-order valence-electron chi connectivity index (χ3n) is 11.2. The van der Waals surface area contributed by atoms with Gasteiger partial charge in [0.1, 0.15) is 5.82 Å². The van der Waals surface area contributed by atoms with Gasteiger partial charge in [-0.05, 0) is 86.2 Å². The summed E-state index contributed by atoms with van der Waals surface area (Å²) in [6, 6.07) is 44.5. The minimum atomic E-state index is -0.142. The molecular formula is C52H55N4OPt-3. The molecule has 0 atom stereocenters. The van der Waals surface area contributed by atoms with Crippen LogP contribution in [0.2, 0.25) is 0 Å². The van der Waals surface area contributed by atoms with Gasteiger partial charge in [-0.1, -0.05) is 125 Å². The van der Waals surface area contributed by atoms with Gasteiger partial charge in [0.2, 0.25) is 0 Å². The second-order valence-electron chi connectivity index (χ2n) is 19.7. The summed E-state index contributed by atoms with van der Waals surface area (Å²) >= 11 is 0. The molecule has 0 aliphatic carbocycles. The molecule has 8 rings (SSSR count). The Hall–Kier alpha value is -4.86. The third kappa shape index (κ3) is 7.83. The van der Waals surface area contributed by atoms with Crippen molar-refractivity contribution in [2.24, 2.45) is 0 Å². The molecule has 0 bridgehead atoms. The molecule has 0 saturated heterocycles. The minimum absolute atomic E-state index is 0. The van der Waals surface area contributed by atoms with Crippen LogP contribution in [0.1, 0.15) is 105 Å². The molecule has 2 aromatic heterocycles. The largest absolute Gasteiger partial charge is 0.509 e. The Labute approximate surface area is 360 Å². The van der Waals surface area contributed by atoms with Crippen LogP contribution in [-0.4, -0.2) is 9.55 Å². The van der Waals surface area contributed by atoms with Gasteiger partial charge in [-0.3, -0.25) is 0 Å². The van der Waals surface area contributed by atoms with Gasteiger partial charge in [-0.15, -0.1) is 53.6 Å². The van der Waals surface area contributed by atoms with E-state index in [0.717, 1.165) is 55.9 Å². The summed E-state index contributed by atoms with van der Waals surface area (Å²) in [6.07, 6.45) is 1.92. The van der Waals surface area contributed by atoms with E-state index in [2.05, 4.69) is 213 Å². The molecule has 1 aliphatic rings. The Morgan fingerprint density at radius 2 is 1.16 bits per heavy atom. The number of nitrogens with zero attached hydrogens (tertiary/aromatic N) is 4. The van der Waals surface area contributed by atoms with Crippen molar-refractivity contribution in [3.63, 3.8) is 0 Å². The Balaban J connectivity index is 0.00000512. The molecule has 0 amide bonds. The van der Waals surface area contributed by atoms with E-state index in [0.29, 0.717) is 11.5 Å².